The number of fused-ring (bicyclic) bond motifs is 1. The Morgan fingerprint density at radius 3 is 2.77 bits per heavy atom. The number of aryl methyl sites for hydroxylation is 2. The maximum absolute atomic E-state index is 12.3. The van der Waals surface area contributed by atoms with Gasteiger partial charge in [0.2, 0.25) is 0 Å². The highest BCUT2D eigenvalue weighted by molar-refractivity contribution is 5.83. The third kappa shape index (κ3) is 3.18. The quantitative estimate of drug-likeness (QED) is 0.522. The maximum Gasteiger partial charge on any atom is 0.332 e. The SMILES string of the molecule is Cc1cccc(C=NNC(=O)Cn2cnc3c2c(=O)n(C)c(=O)n3C)c1. The van der Waals surface area contributed by atoms with Crippen molar-refractivity contribution in [2.24, 2.45) is 19.2 Å². The number of nitrogens with one attached hydrogen (secondary N) is 1. The minimum Gasteiger partial charge on any atom is -0.315 e. The number of aromatic nitrogens is 4. The van der Waals surface area contributed by atoms with Gasteiger partial charge in [-0.25, -0.2) is 15.2 Å². The van der Waals surface area contributed by atoms with Crippen molar-refractivity contribution >= 4 is 23.3 Å². The molecule has 26 heavy (non-hydrogen) atoms. The lowest BCUT2D eigenvalue weighted by Gasteiger charge is -2.06. The minimum atomic E-state index is -0.503. The van der Waals surface area contributed by atoms with Gasteiger partial charge >= 0.3 is 5.69 Å². The summed E-state index contributed by atoms with van der Waals surface area (Å²) in [5.41, 5.74) is 3.81. The van der Waals surface area contributed by atoms with Crippen LogP contribution in [0.15, 0.2) is 45.3 Å². The van der Waals surface area contributed by atoms with Crippen LogP contribution in [-0.2, 0) is 25.4 Å². The van der Waals surface area contributed by atoms with Gasteiger partial charge in [-0.1, -0.05) is 29.8 Å². The van der Waals surface area contributed by atoms with Crippen LogP contribution in [0, 0.1) is 6.92 Å². The third-order valence-corrected chi connectivity index (χ3v) is 3.98. The minimum absolute atomic E-state index is 0.144. The molecule has 1 amide bonds. The zero-order valence-electron chi connectivity index (χ0n) is 14.6. The molecule has 0 saturated heterocycles. The van der Waals surface area contributed by atoms with E-state index in [1.54, 1.807) is 6.21 Å². The molecular weight excluding hydrogens is 336 g/mol. The maximum atomic E-state index is 12.3. The number of hydrazone groups is 1. The second-order valence-corrected chi connectivity index (χ2v) is 5.96. The molecule has 0 atom stereocenters. The topological polar surface area (TPSA) is 103 Å². The summed E-state index contributed by atoms with van der Waals surface area (Å²) in [6.07, 6.45) is 2.90. The van der Waals surface area contributed by atoms with Gasteiger partial charge in [0.1, 0.15) is 6.54 Å². The first-order chi connectivity index (χ1) is 12.4. The molecule has 0 aliphatic carbocycles. The zero-order chi connectivity index (χ0) is 18.8. The summed E-state index contributed by atoms with van der Waals surface area (Å²) in [6.45, 7) is 1.82. The highest BCUT2D eigenvalue weighted by atomic mass is 16.2. The molecule has 0 saturated carbocycles. The molecule has 0 bridgehead atoms. The Kier molecular flexibility index (Phi) is 4.53. The summed E-state index contributed by atoms with van der Waals surface area (Å²) in [7, 11) is 2.90. The van der Waals surface area contributed by atoms with E-state index < -0.39 is 17.2 Å². The van der Waals surface area contributed by atoms with Gasteiger partial charge in [0.15, 0.2) is 11.2 Å². The molecule has 1 aromatic carbocycles. The monoisotopic (exact) mass is 354 g/mol. The van der Waals surface area contributed by atoms with E-state index in [-0.39, 0.29) is 17.7 Å². The van der Waals surface area contributed by atoms with Gasteiger partial charge in [0, 0.05) is 14.1 Å². The molecule has 0 aliphatic rings. The molecular formula is C17H18N6O3. The van der Waals surface area contributed by atoms with E-state index in [2.05, 4.69) is 15.5 Å². The molecule has 0 spiro atoms. The molecule has 1 N–H and O–H groups in total. The molecule has 0 aliphatic heterocycles. The fourth-order valence-electron chi connectivity index (χ4n) is 2.64. The van der Waals surface area contributed by atoms with E-state index in [1.165, 1.54) is 29.6 Å². The lowest BCUT2D eigenvalue weighted by molar-refractivity contribution is -0.121. The Balaban J connectivity index is 1.80. The lowest BCUT2D eigenvalue weighted by atomic mass is 10.2. The van der Waals surface area contributed by atoms with Gasteiger partial charge in [-0.05, 0) is 12.5 Å². The van der Waals surface area contributed by atoms with Gasteiger partial charge < -0.3 is 4.57 Å². The van der Waals surface area contributed by atoms with Gasteiger partial charge in [-0.2, -0.15) is 5.10 Å². The van der Waals surface area contributed by atoms with Crippen molar-refractivity contribution < 1.29 is 4.79 Å². The molecule has 0 radical (unpaired) electrons. The molecule has 0 unspecified atom stereocenters. The Bertz CT molecular complexity index is 1140. The number of rotatable bonds is 4. The fraction of sp³-hybridized carbons (Fsp3) is 0.235. The van der Waals surface area contributed by atoms with E-state index in [1.807, 2.05) is 31.2 Å². The van der Waals surface area contributed by atoms with E-state index >= 15 is 0 Å². The molecule has 2 aromatic heterocycles. The van der Waals surface area contributed by atoms with Gasteiger partial charge in [0.05, 0.1) is 12.5 Å². The number of carbonyl (C=O) groups excluding carboxylic acids is 1. The second kappa shape index (κ2) is 6.79. The number of imidazole rings is 1. The first-order valence-corrected chi connectivity index (χ1v) is 7.88. The highest BCUT2D eigenvalue weighted by Gasteiger charge is 2.15. The van der Waals surface area contributed by atoms with Crippen LogP contribution in [0.25, 0.3) is 11.2 Å². The predicted octanol–water partition coefficient (Wildman–Crippen LogP) is -0.108. The molecule has 3 rings (SSSR count). The van der Waals surface area contributed by atoms with Crippen molar-refractivity contribution in [1.29, 1.82) is 0 Å². The van der Waals surface area contributed by atoms with Gasteiger partial charge in [-0.15, -0.1) is 0 Å². The smallest absolute Gasteiger partial charge is 0.315 e. The van der Waals surface area contributed by atoms with Crippen LogP contribution in [-0.4, -0.2) is 30.8 Å². The van der Waals surface area contributed by atoms with Crippen molar-refractivity contribution in [1.82, 2.24) is 24.1 Å². The van der Waals surface area contributed by atoms with E-state index in [9.17, 15) is 14.4 Å². The molecule has 2 heterocycles. The number of hydrogen-bond donors (Lipinski definition) is 1. The second-order valence-electron chi connectivity index (χ2n) is 5.96. The lowest BCUT2D eigenvalue weighted by Crippen LogP contribution is -2.38. The average Bonchev–Trinajstić information content (AvgIpc) is 3.02. The number of nitrogens with zero attached hydrogens (tertiary/aromatic N) is 5. The number of benzene rings is 1. The molecule has 9 nitrogen and oxygen atoms in total. The fourth-order valence-corrected chi connectivity index (χ4v) is 2.64. The van der Waals surface area contributed by atoms with Crippen LogP contribution in [0.2, 0.25) is 0 Å². The van der Waals surface area contributed by atoms with Crippen molar-refractivity contribution in [2.45, 2.75) is 13.5 Å². The number of carbonyl (C=O) groups is 1. The molecule has 134 valence electrons. The van der Waals surface area contributed by atoms with Crippen LogP contribution in [0.5, 0.6) is 0 Å². The van der Waals surface area contributed by atoms with Crippen molar-refractivity contribution in [3.05, 3.63) is 62.6 Å². The first-order valence-electron chi connectivity index (χ1n) is 7.88. The van der Waals surface area contributed by atoms with E-state index in [0.29, 0.717) is 0 Å². The van der Waals surface area contributed by atoms with Crippen molar-refractivity contribution in [2.75, 3.05) is 0 Å². The Morgan fingerprint density at radius 2 is 2.04 bits per heavy atom. The van der Waals surface area contributed by atoms with Crippen molar-refractivity contribution in [3.63, 3.8) is 0 Å². The van der Waals surface area contributed by atoms with Crippen molar-refractivity contribution in [3.8, 4) is 0 Å². The average molecular weight is 354 g/mol. The van der Waals surface area contributed by atoms with Crippen LogP contribution in [0.1, 0.15) is 11.1 Å². The Morgan fingerprint density at radius 1 is 1.27 bits per heavy atom. The summed E-state index contributed by atoms with van der Waals surface area (Å²) in [5.74, 6) is -0.413. The predicted molar refractivity (Wildman–Crippen MR) is 97.1 cm³/mol. The van der Waals surface area contributed by atoms with E-state index in [0.717, 1.165) is 15.7 Å². The number of hydrogen-bond acceptors (Lipinski definition) is 5. The summed E-state index contributed by atoms with van der Waals surface area (Å²) >= 11 is 0. The molecule has 3 aromatic rings. The standard InChI is InChI=1S/C17H18N6O3/c1-11-5-4-6-12(7-11)8-19-20-13(24)9-23-10-18-15-14(23)16(25)22(3)17(26)21(15)2/h4-8,10H,9H2,1-3H3,(H,20,24). The molecule has 9 heteroatoms. The summed E-state index contributed by atoms with van der Waals surface area (Å²) in [4.78, 5) is 40.4. The van der Waals surface area contributed by atoms with Crippen LogP contribution in [0.4, 0.5) is 0 Å². The van der Waals surface area contributed by atoms with Crippen LogP contribution in [0.3, 0.4) is 0 Å². The Labute approximate surface area is 148 Å². The normalized spacial score (nSPS) is 11.3. The largest absolute Gasteiger partial charge is 0.332 e. The molecule has 0 fully saturated rings. The van der Waals surface area contributed by atoms with Crippen LogP contribution < -0.4 is 16.7 Å². The third-order valence-electron chi connectivity index (χ3n) is 3.98. The first kappa shape index (κ1) is 17.3. The Hall–Kier alpha value is -3.49. The van der Waals surface area contributed by atoms with E-state index in [4.69, 9.17) is 0 Å². The van der Waals surface area contributed by atoms with Crippen LogP contribution >= 0.6 is 0 Å². The van der Waals surface area contributed by atoms with Gasteiger partial charge in [-0.3, -0.25) is 18.7 Å². The summed E-state index contributed by atoms with van der Waals surface area (Å²) in [6, 6.07) is 7.67. The highest BCUT2D eigenvalue weighted by Crippen LogP contribution is 2.05. The van der Waals surface area contributed by atoms with Gasteiger partial charge in [0.25, 0.3) is 11.5 Å². The number of amides is 1. The summed E-state index contributed by atoms with van der Waals surface area (Å²) in [5, 5.41) is 3.92. The summed E-state index contributed by atoms with van der Waals surface area (Å²) < 4.78 is 3.64. The zero-order valence-corrected chi connectivity index (χ0v) is 14.6.